The SMILES string of the molecule is FC(F)(F)/C(=N\OCO/N=C(/c1ccccc1)C(F)(F)F)c1ccccc1. The Bertz CT molecular complexity index is 719. The molecule has 10 heteroatoms. The Balaban J connectivity index is 2.09. The van der Waals surface area contributed by atoms with E-state index in [4.69, 9.17) is 0 Å². The van der Waals surface area contributed by atoms with E-state index in [-0.39, 0.29) is 11.1 Å². The molecule has 0 aliphatic rings. The third-order valence-electron chi connectivity index (χ3n) is 3.05. The van der Waals surface area contributed by atoms with E-state index < -0.39 is 30.6 Å². The number of rotatable bonds is 6. The Morgan fingerprint density at radius 3 is 1.26 bits per heavy atom. The van der Waals surface area contributed by atoms with E-state index in [0.717, 1.165) is 24.3 Å². The third kappa shape index (κ3) is 6.01. The Morgan fingerprint density at radius 2 is 0.963 bits per heavy atom. The lowest BCUT2D eigenvalue weighted by Gasteiger charge is -2.11. The zero-order valence-corrected chi connectivity index (χ0v) is 13.5. The fourth-order valence-corrected chi connectivity index (χ4v) is 1.93. The van der Waals surface area contributed by atoms with Gasteiger partial charge in [0.05, 0.1) is 0 Å². The van der Waals surface area contributed by atoms with Gasteiger partial charge >= 0.3 is 12.4 Å². The van der Waals surface area contributed by atoms with Gasteiger partial charge in [-0.3, -0.25) is 0 Å². The summed E-state index contributed by atoms with van der Waals surface area (Å²) in [4.78, 5) is 8.69. The second-order valence-corrected chi connectivity index (χ2v) is 4.98. The molecule has 0 saturated heterocycles. The summed E-state index contributed by atoms with van der Waals surface area (Å²) < 4.78 is 78.0. The largest absolute Gasteiger partial charge is 0.437 e. The Morgan fingerprint density at radius 1 is 0.630 bits per heavy atom. The predicted octanol–water partition coefficient (Wildman–Crippen LogP) is 4.91. The summed E-state index contributed by atoms with van der Waals surface area (Å²) in [5.74, 6) is 0. The van der Waals surface area contributed by atoms with E-state index >= 15 is 0 Å². The highest BCUT2D eigenvalue weighted by Crippen LogP contribution is 2.24. The summed E-state index contributed by atoms with van der Waals surface area (Å²) in [6.07, 6.45) is -9.66. The van der Waals surface area contributed by atoms with Gasteiger partial charge in [0.1, 0.15) is 0 Å². The minimum Gasteiger partial charge on any atom is -0.351 e. The smallest absolute Gasteiger partial charge is 0.351 e. The maximum absolute atomic E-state index is 13.0. The van der Waals surface area contributed by atoms with Gasteiger partial charge in [0.25, 0.3) is 6.79 Å². The maximum Gasteiger partial charge on any atom is 0.437 e. The van der Waals surface area contributed by atoms with Crippen molar-refractivity contribution in [2.45, 2.75) is 12.4 Å². The maximum atomic E-state index is 13.0. The first-order chi connectivity index (χ1) is 12.7. The van der Waals surface area contributed by atoms with Crippen molar-refractivity contribution in [2.24, 2.45) is 10.3 Å². The number of benzene rings is 2. The second-order valence-electron chi connectivity index (χ2n) is 4.98. The molecule has 0 aromatic heterocycles. The highest BCUT2D eigenvalue weighted by atomic mass is 19.4. The van der Waals surface area contributed by atoms with Crippen LogP contribution in [0.4, 0.5) is 26.3 Å². The first kappa shape index (κ1) is 20.3. The van der Waals surface area contributed by atoms with Gasteiger partial charge in [-0.25, -0.2) is 0 Å². The van der Waals surface area contributed by atoms with Crippen molar-refractivity contribution in [2.75, 3.05) is 6.79 Å². The van der Waals surface area contributed by atoms with Crippen molar-refractivity contribution in [3.63, 3.8) is 0 Å². The Labute approximate surface area is 149 Å². The van der Waals surface area contributed by atoms with Gasteiger partial charge in [0.15, 0.2) is 11.4 Å². The minimum absolute atomic E-state index is 0.270. The minimum atomic E-state index is -4.83. The van der Waals surface area contributed by atoms with Gasteiger partial charge < -0.3 is 9.68 Å². The van der Waals surface area contributed by atoms with Crippen LogP contribution in [0.1, 0.15) is 11.1 Å². The molecule has 4 nitrogen and oxygen atoms in total. The van der Waals surface area contributed by atoms with Crippen LogP contribution in [0.15, 0.2) is 71.0 Å². The van der Waals surface area contributed by atoms with E-state index in [1.54, 1.807) is 0 Å². The fraction of sp³-hybridized carbons (Fsp3) is 0.176. The van der Waals surface area contributed by atoms with Crippen LogP contribution >= 0.6 is 0 Å². The quantitative estimate of drug-likeness (QED) is 0.231. The van der Waals surface area contributed by atoms with Crippen LogP contribution in [-0.2, 0) is 9.68 Å². The molecule has 144 valence electrons. The van der Waals surface area contributed by atoms with E-state index in [1.165, 1.54) is 36.4 Å². The molecule has 0 aliphatic heterocycles. The first-order valence-corrected chi connectivity index (χ1v) is 7.34. The number of halogens is 6. The fourth-order valence-electron chi connectivity index (χ4n) is 1.93. The molecule has 2 aromatic rings. The van der Waals surface area contributed by atoms with Crippen LogP contribution in [0.3, 0.4) is 0 Å². The molecule has 0 N–H and O–H groups in total. The zero-order valence-electron chi connectivity index (χ0n) is 13.5. The summed E-state index contributed by atoms with van der Waals surface area (Å²) in [5.41, 5.74) is -3.24. The number of hydrogen-bond donors (Lipinski definition) is 0. The van der Waals surface area contributed by atoms with Crippen LogP contribution in [0.2, 0.25) is 0 Å². The van der Waals surface area contributed by atoms with Gasteiger partial charge in [0, 0.05) is 11.1 Å². The second kappa shape index (κ2) is 8.56. The summed E-state index contributed by atoms with van der Waals surface area (Å²) in [5, 5.41) is 5.83. The molecule has 0 atom stereocenters. The summed E-state index contributed by atoms with van der Waals surface area (Å²) >= 11 is 0. The highest BCUT2D eigenvalue weighted by Gasteiger charge is 2.38. The average Bonchev–Trinajstić information content (AvgIpc) is 2.60. The van der Waals surface area contributed by atoms with Crippen LogP contribution in [0.25, 0.3) is 0 Å². The summed E-state index contributed by atoms with van der Waals surface area (Å²) in [6.45, 7) is -1.04. The summed E-state index contributed by atoms with van der Waals surface area (Å²) in [7, 11) is 0. The molecule has 0 spiro atoms. The van der Waals surface area contributed by atoms with E-state index in [9.17, 15) is 26.3 Å². The molecular formula is C17H12F6N2O2. The molecule has 0 bridgehead atoms. The van der Waals surface area contributed by atoms with E-state index in [2.05, 4.69) is 20.0 Å². The highest BCUT2D eigenvalue weighted by molar-refractivity contribution is 6.04. The number of nitrogens with zero attached hydrogens (tertiary/aromatic N) is 2. The Kier molecular flexibility index (Phi) is 6.43. The number of alkyl halides is 6. The molecule has 0 heterocycles. The lowest BCUT2D eigenvalue weighted by atomic mass is 10.1. The van der Waals surface area contributed by atoms with Gasteiger partial charge in [-0.2, -0.15) is 26.3 Å². The molecule has 0 radical (unpaired) electrons. The predicted molar refractivity (Wildman–Crippen MR) is 85.1 cm³/mol. The lowest BCUT2D eigenvalue weighted by molar-refractivity contribution is -0.0815. The number of oxime groups is 2. The third-order valence-corrected chi connectivity index (χ3v) is 3.05. The molecule has 0 unspecified atom stereocenters. The van der Waals surface area contributed by atoms with Gasteiger partial charge in [-0.05, 0) is 0 Å². The Hall–Kier alpha value is -3.04. The van der Waals surface area contributed by atoms with E-state index in [1.807, 2.05) is 0 Å². The first-order valence-electron chi connectivity index (χ1n) is 7.34. The standard InChI is InChI=1S/C17H12F6N2O2/c18-16(19,20)14(12-7-3-1-4-8-12)24-26-11-27-25-15(17(21,22)23)13-9-5-2-6-10-13/h1-10H,11H2/b24-14-,25-15-. The topological polar surface area (TPSA) is 43.2 Å². The summed E-state index contributed by atoms with van der Waals surface area (Å²) in [6, 6.07) is 13.1. The monoisotopic (exact) mass is 390 g/mol. The average molecular weight is 390 g/mol. The molecule has 27 heavy (non-hydrogen) atoms. The molecule has 0 aliphatic carbocycles. The van der Waals surface area contributed by atoms with Crippen molar-refractivity contribution in [3.05, 3.63) is 71.8 Å². The van der Waals surface area contributed by atoms with Gasteiger partial charge in [-0.1, -0.05) is 71.0 Å². The van der Waals surface area contributed by atoms with Crippen molar-refractivity contribution in [1.29, 1.82) is 0 Å². The molecular weight excluding hydrogens is 378 g/mol. The number of hydrogen-bond acceptors (Lipinski definition) is 4. The van der Waals surface area contributed by atoms with Crippen molar-refractivity contribution in [3.8, 4) is 0 Å². The molecule has 0 fully saturated rings. The normalized spacial score (nSPS) is 13.4. The van der Waals surface area contributed by atoms with Crippen LogP contribution < -0.4 is 0 Å². The van der Waals surface area contributed by atoms with E-state index in [0.29, 0.717) is 0 Å². The van der Waals surface area contributed by atoms with Gasteiger partial charge in [-0.15, -0.1) is 0 Å². The zero-order chi connectivity index (χ0) is 19.9. The van der Waals surface area contributed by atoms with Crippen LogP contribution in [0.5, 0.6) is 0 Å². The molecule has 2 rings (SSSR count). The van der Waals surface area contributed by atoms with Crippen molar-refractivity contribution >= 4 is 11.4 Å². The lowest BCUT2D eigenvalue weighted by Crippen LogP contribution is -2.25. The van der Waals surface area contributed by atoms with Crippen LogP contribution in [0, 0.1) is 0 Å². The molecule has 2 aromatic carbocycles. The van der Waals surface area contributed by atoms with Crippen molar-refractivity contribution < 1.29 is 36.0 Å². The van der Waals surface area contributed by atoms with Gasteiger partial charge in [0.2, 0.25) is 0 Å². The van der Waals surface area contributed by atoms with Crippen LogP contribution in [-0.4, -0.2) is 30.6 Å². The molecule has 0 amide bonds. The van der Waals surface area contributed by atoms with Crippen molar-refractivity contribution in [1.82, 2.24) is 0 Å². The molecule has 0 saturated carbocycles.